The molecule has 1 fully saturated rings. The van der Waals surface area contributed by atoms with Gasteiger partial charge in [0, 0.05) is 28.6 Å². The van der Waals surface area contributed by atoms with Crippen LogP contribution in [0.15, 0.2) is 40.9 Å². The molecule has 0 unspecified atom stereocenters. The van der Waals surface area contributed by atoms with Gasteiger partial charge < -0.3 is 4.90 Å². The summed E-state index contributed by atoms with van der Waals surface area (Å²) in [5.41, 5.74) is 1.38. The molecule has 0 atom stereocenters. The van der Waals surface area contributed by atoms with Gasteiger partial charge in [-0.15, -0.1) is 0 Å². The molecule has 2 heteroatoms. The maximum atomic E-state index is 3.64. The topological polar surface area (TPSA) is 3.24 Å². The molecule has 94 valence electrons. The van der Waals surface area contributed by atoms with Crippen LogP contribution in [-0.2, 0) is 0 Å². The lowest BCUT2D eigenvalue weighted by Gasteiger charge is -2.43. The molecular formula is C16H18BrN. The molecule has 18 heavy (non-hydrogen) atoms. The van der Waals surface area contributed by atoms with Crippen molar-refractivity contribution in [1.29, 1.82) is 0 Å². The molecule has 1 nitrogen and oxygen atoms in total. The first-order valence-corrected chi connectivity index (χ1v) is 7.38. The fourth-order valence-corrected chi connectivity index (χ4v) is 3.13. The lowest BCUT2D eigenvalue weighted by molar-refractivity contribution is 0.310. The first-order valence-electron chi connectivity index (χ1n) is 6.59. The van der Waals surface area contributed by atoms with Gasteiger partial charge in [0.05, 0.1) is 0 Å². The zero-order valence-corrected chi connectivity index (χ0v) is 12.4. The molecule has 0 saturated carbocycles. The van der Waals surface area contributed by atoms with Crippen molar-refractivity contribution in [3.05, 3.63) is 40.9 Å². The lowest BCUT2D eigenvalue weighted by Crippen LogP contribution is -2.49. The molecule has 2 aromatic carbocycles. The van der Waals surface area contributed by atoms with E-state index in [1.165, 1.54) is 34.0 Å². The average molecular weight is 304 g/mol. The Morgan fingerprint density at radius 1 is 1.06 bits per heavy atom. The Hall–Kier alpha value is -1.02. The van der Waals surface area contributed by atoms with E-state index in [1.807, 2.05) is 0 Å². The molecule has 0 aromatic heterocycles. The Bertz CT molecular complexity index is 570. The summed E-state index contributed by atoms with van der Waals surface area (Å²) in [5.74, 6) is 1.65. The van der Waals surface area contributed by atoms with Gasteiger partial charge >= 0.3 is 0 Å². The van der Waals surface area contributed by atoms with Gasteiger partial charge in [-0.05, 0) is 29.4 Å². The third kappa shape index (κ3) is 1.93. The molecule has 0 N–H and O–H groups in total. The third-order valence-electron chi connectivity index (χ3n) is 4.04. The van der Waals surface area contributed by atoms with Gasteiger partial charge in [-0.3, -0.25) is 0 Å². The van der Waals surface area contributed by atoms with Gasteiger partial charge in [0.2, 0.25) is 0 Å². The predicted molar refractivity (Wildman–Crippen MR) is 82.2 cm³/mol. The zero-order valence-electron chi connectivity index (χ0n) is 10.9. The maximum absolute atomic E-state index is 3.64. The van der Waals surface area contributed by atoms with Crippen molar-refractivity contribution in [1.82, 2.24) is 0 Å². The van der Waals surface area contributed by atoms with Crippen molar-refractivity contribution in [2.75, 3.05) is 18.0 Å². The van der Waals surface area contributed by atoms with Crippen molar-refractivity contribution in [2.24, 2.45) is 11.8 Å². The number of hydrogen-bond acceptors (Lipinski definition) is 1. The average Bonchev–Trinajstić information content (AvgIpc) is 2.30. The van der Waals surface area contributed by atoms with Crippen LogP contribution >= 0.6 is 15.9 Å². The molecule has 0 radical (unpaired) electrons. The number of anilines is 1. The zero-order chi connectivity index (χ0) is 12.7. The summed E-state index contributed by atoms with van der Waals surface area (Å²) >= 11 is 3.64. The molecule has 0 amide bonds. The van der Waals surface area contributed by atoms with Gasteiger partial charge in [0.25, 0.3) is 0 Å². The van der Waals surface area contributed by atoms with E-state index in [9.17, 15) is 0 Å². The van der Waals surface area contributed by atoms with Crippen LogP contribution in [0.25, 0.3) is 10.8 Å². The predicted octanol–water partition coefficient (Wildman–Crippen LogP) is 4.69. The molecule has 0 aliphatic carbocycles. The van der Waals surface area contributed by atoms with Crippen LogP contribution in [0.1, 0.15) is 13.8 Å². The second-order valence-electron chi connectivity index (χ2n) is 5.52. The van der Waals surface area contributed by atoms with Crippen LogP contribution in [-0.4, -0.2) is 13.1 Å². The second kappa shape index (κ2) is 4.58. The summed E-state index contributed by atoms with van der Waals surface area (Å²) in [7, 11) is 0. The van der Waals surface area contributed by atoms with Crippen LogP contribution in [0.4, 0.5) is 5.69 Å². The van der Waals surface area contributed by atoms with E-state index in [2.05, 4.69) is 71.1 Å². The minimum absolute atomic E-state index is 0.794. The Morgan fingerprint density at radius 2 is 1.72 bits per heavy atom. The normalized spacial score (nSPS) is 16.3. The van der Waals surface area contributed by atoms with Crippen molar-refractivity contribution in [3.8, 4) is 0 Å². The summed E-state index contributed by atoms with van der Waals surface area (Å²) in [5, 5.41) is 2.66. The third-order valence-corrected chi connectivity index (χ3v) is 4.73. The summed E-state index contributed by atoms with van der Waals surface area (Å²) < 4.78 is 1.18. The Labute approximate surface area is 117 Å². The molecule has 2 aromatic rings. The van der Waals surface area contributed by atoms with Gasteiger partial charge in [-0.1, -0.05) is 54.0 Å². The van der Waals surface area contributed by atoms with Crippen molar-refractivity contribution in [2.45, 2.75) is 13.8 Å². The first-order chi connectivity index (χ1) is 8.66. The molecule has 1 aliphatic rings. The van der Waals surface area contributed by atoms with Crippen molar-refractivity contribution in [3.63, 3.8) is 0 Å². The van der Waals surface area contributed by atoms with Crippen LogP contribution in [0.5, 0.6) is 0 Å². The van der Waals surface area contributed by atoms with Crippen LogP contribution in [0.2, 0.25) is 0 Å². The summed E-state index contributed by atoms with van der Waals surface area (Å²) in [6.45, 7) is 7.04. The highest BCUT2D eigenvalue weighted by Gasteiger charge is 2.29. The van der Waals surface area contributed by atoms with E-state index in [1.54, 1.807) is 0 Å². The van der Waals surface area contributed by atoms with E-state index in [0.717, 1.165) is 11.8 Å². The number of hydrogen-bond donors (Lipinski definition) is 0. The van der Waals surface area contributed by atoms with Gasteiger partial charge in [0.15, 0.2) is 0 Å². The van der Waals surface area contributed by atoms with Gasteiger partial charge in [-0.2, -0.15) is 0 Å². The quantitative estimate of drug-likeness (QED) is 0.777. The van der Waals surface area contributed by atoms with Gasteiger partial charge in [-0.25, -0.2) is 0 Å². The number of rotatable bonds is 2. The summed E-state index contributed by atoms with van der Waals surface area (Å²) in [4.78, 5) is 2.50. The standard InChI is InChI=1S/C16H18BrN/c1-11(2)12-9-18(10-12)16-8-7-15(17)13-5-3-4-6-14(13)16/h3-8,11-12H,9-10H2,1-2H3. The fourth-order valence-electron chi connectivity index (χ4n) is 2.65. The molecule has 3 rings (SSSR count). The smallest absolute Gasteiger partial charge is 0.0446 e. The Balaban J connectivity index is 1.97. The number of fused-ring (bicyclic) bond motifs is 1. The minimum Gasteiger partial charge on any atom is -0.370 e. The van der Waals surface area contributed by atoms with Crippen molar-refractivity contribution >= 4 is 32.4 Å². The minimum atomic E-state index is 0.794. The van der Waals surface area contributed by atoms with E-state index in [-0.39, 0.29) is 0 Å². The summed E-state index contributed by atoms with van der Waals surface area (Å²) in [6, 6.07) is 13.0. The highest BCUT2D eigenvalue weighted by molar-refractivity contribution is 9.10. The largest absolute Gasteiger partial charge is 0.370 e. The van der Waals surface area contributed by atoms with E-state index < -0.39 is 0 Å². The Morgan fingerprint density at radius 3 is 2.39 bits per heavy atom. The Kier molecular flexibility index (Phi) is 3.06. The van der Waals surface area contributed by atoms with E-state index in [4.69, 9.17) is 0 Å². The lowest BCUT2D eigenvalue weighted by atomic mass is 9.87. The van der Waals surface area contributed by atoms with Crippen LogP contribution in [0.3, 0.4) is 0 Å². The number of benzene rings is 2. The number of nitrogens with zero attached hydrogens (tertiary/aromatic N) is 1. The monoisotopic (exact) mass is 303 g/mol. The van der Waals surface area contributed by atoms with E-state index >= 15 is 0 Å². The summed E-state index contributed by atoms with van der Waals surface area (Å²) in [6.07, 6.45) is 0. The molecular weight excluding hydrogens is 286 g/mol. The number of halogens is 1. The fraction of sp³-hybridized carbons (Fsp3) is 0.375. The van der Waals surface area contributed by atoms with Crippen LogP contribution < -0.4 is 4.90 Å². The van der Waals surface area contributed by atoms with E-state index in [0.29, 0.717) is 0 Å². The van der Waals surface area contributed by atoms with Crippen LogP contribution in [0, 0.1) is 11.8 Å². The molecule has 0 bridgehead atoms. The highest BCUT2D eigenvalue weighted by Crippen LogP contribution is 2.36. The van der Waals surface area contributed by atoms with Gasteiger partial charge in [0.1, 0.15) is 0 Å². The second-order valence-corrected chi connectivity index (χ2v) is 6.38. The SMILES string of the molecule is CC(C)C1CN(c2ccc(Br)c3ccccc23)C1. The highest BCUT2D eigenvalue weighted by atomic mass is 79.9. The van der Waals surface area contributed by atoms with Crippen molar-refractivity contribution < 1.29 is 0 Å². The first kappa shape index (κ1) is 12.0. The molecule has 1 saturated heterocycles. The maximum Gasteiger partial charge on any atom is 0.0446 e. The molecule has 0 spiro atoms. The molecule has 1 aliphatic heterocycles. The molecule has 1 heterocycles.